The van der Waals surface area contributed by atoms with Gasteiger partial charge in [-0.25, -0.2) is 4.68 Å². The normalized spacial score (nSPS) is 11.4. The number of hydrogen-bond donors (Lipinski definition) is 1. The van der Waals surface area contributed by atoms with Crippen LogP contribution >= 0.6 is 0 Å². The maximum Gasteiger partial charge on any atom is 0.285 e. The van der Waals surface area contributed by atoms with Crippen molar-refractivity contribution in [1.29, 1.82) is 5.26 Å². The van der Waals surface area contributed by atoms with Gasteiger partial charge in [0.2, 0.25) is 5.91 Å². The lowest BCUT2D eigenvalue weighted by molar-refractivity contribution is -0.122. The number of nitrogens with one attached hydrogen (secondary N) is 1. The molecule has 142 valence electrons. The molecule has 1 aromatic heterocycles. The summed E-state index contributed by atoms with van der Waals surface area (Å²) in [6.45, 7) is 4.86. The Balaban J connectivity index is 2.23. The largest absolute Gasteiger partial charge is 0.497 e. The predicted octanol–water partition coefficient (Wildman–Crippen LogP) is 1.63. The number of nitrogens with zero attached hydrogens (tertiary/aromatic N) is 3. The summed E-state index contributed by atoms with van der Waals surface area (Å²) in [4.78, 5) is 24.7. The number of carbonyl (C=O) groups excluding carboxylic acids is 1. The maximum absolute atomic E-state index is 12.4. The van der Waals surface area contributed by atoms with Gasteiger partial charge in [0, 0.05) is 5.56 Å². The molecule has 0 saturated carbocycles. The maximum atomic E-state index is 12.4. The van der Waals surface area contributed by atoms with E-state index < -0.39 is 11.5 Å². The molecule has 1 heterocycles. The van der Waals surface area contributed by atoms with Crippen LogP contribution in [0.1, 0.15) is 35.3 Å². The molecule has 0 saturated heterocycles. The summed E-state index contributed by atoms with van der Waals surface area (Å²) in [5.74, 6) is 0.837. The molecule has 0 unspecified atom stereocenters. The fourth-order valence-corrected chi connectivity index (χ4v) is 2.69. The van der Waals surface area contributed by atoms with E-state index in [0.717, 1.165) is 10.2 Å². The second kappa shape index (κ2) is 8.36. The van der Waals surface area contributed by atoms with E-state index in [1.807, 2.05) is 6.07 Å². The van der Waals surface area contributed by atoms with Crippen molar-refractivity contribution in [2.24, 2.45) is 0 Å². The van der Waals surface area contributed by atoms with E-state index in [0.29, 0.717) is 22.8 Å². The average molecular weight is 370 g/mol. The number of rotatable bonds is 6. The zero-order valence-corrected chi connectivity index (χ0v) is 16.0. The average Bonchev–Trinajstić information content (AvgIpc) is 2.65. The Kier molecular flexibility index (Phi) is 6.19. The number of methoxy groups -OCH3 is 2. The summed E-state index contributed by atoms with van der Waals surface area (Å²) < 4.78 is 11.6. The molecule has 8 nitrogen and oxygen atoms in total. The SMILES string of the molecule is COc1ccc(OC)c([C@H](C)NC(=O)Cn2nc(C)c(C)c(C#N)c2=O)c1. The van der Waals surface area contributed by atoms with Crippen molar-refractivity contribution in [3.8, 4) is 17.6 Å². The van der Waals surface area contributed by atoms with Gasteiger partial charge in [-0.2, -0.15) is 10.4 Å². The van der Waals surface area contributed by atoms with E-state index in [9.17, 15) is 9.59 Å². The van der Waals surface area contributed by atoms with Crippen molar-refractivity contribution in [2.45, 2.75) is 33.4 Å². The number of ether oxygens (including phenoxy) is 2. The number of aryl methyl sites for hydroxylation is 1. The smallest absolute Gasteiger partial charge is 0.285 e. The Morgan fingerprint density at radius 2 is 2.04 bits per heavy atom. The number of benzene rings is 1. The minimum atomic E-state index is -0.581. The predicted molar refractivity (Wildman–Crippen MR) is 98.8 cm³/mol. The van der Waals surface area contributed by atoms with Crippen LogP contribution in [0, 0.1) is 25.2 Å². The Hall–Kier alpha value is -3.34. The highest BCUT2D eigenvalue weighted by Gasteiger charge is 2.18. The van der Waals surface area contributed by atoms with Crippen molar-refractivity contribution in [1.82, 2.24) is 15.1 Å². The van der Waals surface area contributed by atoms with Gasteiger partial charge in [-0.3, -0.25) is 9.59 Å². The Bertz CT molecular complexity index is 959. The molecule has 0 aliphatic carbocycles. The Labute approximate surface area is 157 Å². The molecule has 0 aliphatic rings. The zero-order valence-electron chi connectivity index (χ0n) is 16.0. The van der Waals surface area contributed by atoms with Crippen LogP contribution < -0.4 is 20.3 Å². The third-order valence-corrected chi connectivity index (χ3v) is 4.32. The first-order chi connectivity index (χ1) is 12.8. The molecule has 0 aliphatic heterocycles. The minimum absolute atomic E-state index is 0.00202. The lowest BCUT2D eigenvalue weighted by Crippen LogP contribution is -2.36. The first kappa shape index (κ1) is 20.0. The number of carbonyl (C=O) groups is 1. The molecule has 0 fully saturated rings. The Morgan fingerprint density at radius 1 is 1.33 bits per heavy atom. The lowest BCUT2D eigenvalue weighted by Gasteiger charge is -2.18. The standard InChI is InChI=1S/C19H22N4O4/c1-11-12(2)22-23(19(25)16(11)9-20)10-18(24)21-13(3)15-8-14(26-4)6-7-17(15)27-5/h6-8,13H,10H2,1-5H3,(H,21,24)/t13-/m0/s1. The molecule has 27 heavy (non-hydrogen) atoms. The van der Waals surface area contributed by atoms with Crippen LogP contribution in [-0.4, -0.2) is 29.9 Å². The molecule has 1 amide bonds. The number of amides is 1. The van der Waals surface area contributed by atoms with Crippen LogP contribution in [0.25, 0.3) is 0 Å². The highest BCUT2D eigenvalue weighted by Crippen LogP contribution is 2.29. The van der Waals surface area contributed by atoms with Gasteiger partial charge in [-0.15, -0.1) is 0 Å². The van der Waals surface area contributed by atoms with Crippen molar-refractivity contribution in [3.63, 3.8) is 0 Å². The summed E-state index contributed by atoms with van der Waals surface area (Å²) in [6, 6.07) is 6.78. The zero-order chi connectivity index (χ0) is 20.1. The monoisotopic (exact) mass is 370 g/mol. The van der Waals surface area contributed by atoms with E-state index in [2.05, 4.69) is 10.4 Å². The molecule has 8 heteroatoms. The topological polar surface area (TPSA) is 106 Å². The van der Waals surface area contributed by atoms with E-state index in [1.165, 1.54) is 0 Å². The molecule has 1 N–H and O–H groups in total. The number of hydrogen-bond acceptors (Lipinski definition) is 6. The number of aromatic nitrogens is 2. The van der Waals surface area contributed by atoms with Gasteiger partial charge in [-0.1, -0.05) is 0 Å². The molecule has 1 atom stereocenters. The van der Waals surface area contributed by atoms with E-state index >= 15 is 0 Å². The molecule has 0 bridgehead atoms. The fraction of sp³-hybridized carbons (Fsp3) is 0.368. The molecule has 2 aromatic rings. The van der Waals surface area contributed by atoms with E-state index in [1.54, 1.807) is 53.2 Å². The van der Waals surface area contributed by atoms with Crippen LogP contribution in [0.3, 0.4) is 0 Å². The van der Waals surface area contributed by atoms with Gasteiger partial charge in [0.05, 0.1) is 26.0 Å². The van der Waals surface area contributed by atoms with Gasteiger partial charge in [-0.05, 0) is 44.5 Å². The van der Waals surface area contributed by atoms with Crippen LogP contribution in [0.4, 0.5) is 0 Å². The number of nitriles is 1. The van der Waals surface area contributed by atoms with Crippen molar-refractivity contribution in [2.75, 3.05) is 14.2 Å². The van der Waals surface area contributed by atoms with Gasteiger partial charge >= 0.3 is 0 Å². The van der Waals surface area contributed by atoms with Crippen LogP contribution in [0.2, 0.25) is 0 Å². The van der Waals surface area contributed by atoms with Crippen molar-refractivity contribution in [3.05, 3.63) is 50.9 Å². The Morgan fingerprint density at radius 3 is 2.63 bits per heavy atom. The molecular weight excluding hydrogens is 348 g/mol. The lowest BCUT2D eigenvalue weighted by atomic mass is 10.1. The van der Waals surface area contributed by atoms with Crippen LogP contribution in [0.15, 0.2) is 23.0 Å². The first-order valence-electron chi connectivity index (χ1n) is 8.32. The summed E-state index contributed by atoms with van der Waals surface area (Å²) in [5, 5.41) is 16.1. The van der Waals surface area contributed by atoms with Crippen LogP contribution in [-0.2, 0) is 11.3 Å². The van der Waals surface area contributed by atoms with E-state index in [-0.39, 0.29) is 18.2 Å². The first-order valence-corrected chi connectivity index (χ1v) is 8.32. The second-order valence-electron chi connectivity index (χ2n) is 6.06. The summed E-state index contributed by atoms with van der Waals surface area (Å²) in [6.07, 6.45) is 0. The highest BCUT2D eigenvalue weighted by molar-refractivity contribution is 5.76. The van der Waals surface area contributed by atoms with E-state index in [4.69, 9.17) is 14.7 Å². The quantitative estimate of drug-likeness (QED) is 0.828. The molecule has 1 aromatic carbocycles. The van der Waals surface area contributed by atoms with Gasteiger partial charge < -0.3 is 14.8 Å². The van der Waals surface area contributed by atoms with Crippen LogP contribution in [0.5, 0.6) is 11.5 Å². The van der Waals surface area contributed by atoms with Crippen molar-refractivity contribution >= 4 is 5.91 Å². The highest BCUT2D eigenvalue weighted by atomic mass is 16.5. The van der Waals surface area contributed by atoms with Crippen molar-refractivity contribution < 1.29 is 14.3 Å². The molecular formula is C19H22N4O4. The second-order valence-corrected chi connectivity index (χ2v) is 6.06. The summed E-state index contributed by atoms with van der Waals surface area (Å²) in [7, 11) is 3.10. The molecule has 2 rings (SSSR count). The molecule has 0 spiro atoms. The molecule has 0 radical (unpaired) electrons. The third-order valence-electron chi connectivity index (χ3n) is 4.32. The minimum Gasteiger partial charge on any atom is -0.497 e. The van der Waals surface area contributed by atoms with Gasteiger partial charge in [0.25, 0.3) is 5.56 Å². The summed E-state index contributed by atoms with van der Waals surface area (Å²) in [5.41, 5.74) is 1.21. The third kappa shape index (κ3) is 4.26. The van der Waals surface area contributed by atoms with Gasteiger partial charge in [0.1, 0.15) is 29.7 Å². The van der Waals surface area contributed by atoms with Gasteiger partial charge in [0.15, 0.2) is 0 Å². The summed E-state index contributed by atoms with van der Waals surface area (Å²) >= 11 is 0. The fourth-order valence-electron chi connectivity index (χ4n) is 2.69.